The lowest BCUT2D eigenvalue weighted by molar-refractivity contribution is 0.477. The van der Waals surface area contributed by atoms with Crippen molar-refractivity contribution >= 4 is 39.8 Å². The molecule has 0 bridgehead atoms. The lowest BCUT2D eigenvalue weighted by atomic mass is 9.96. The first-order chi connectivity index (χ1) is 21.7. The van der Waals surface area contributed by atoms with E-state index >= 15 is 0 Å². The second-order valence-corrected chi connectivity index (χ2v) is 10.4. The van der Waals surface area contributed by atoms with E-state index in [0.717, 1.165) is 57.1 Å². The fourth-order valence-corrected chi connectivity index (χ4v) is 5.94. The third kappa shape index (κ3) is 3.94. The summed E-state index contributed by atoms with van der Waals surface area (Å²) in [5.41, 5.74) is 7.55. The minimum atomic E-state index is 0.454. The van der Waals surface area contributed by atoms with E-state index in [4.69, 9.17) is 16.0 Å². The van der Waals surface area contributed by atoms with Gasteiger partial charge in [-0.25, -0.2) is 4.85 Å². The molecule has 2 heterocycles. The molecule has 206 valence electrons. The smallest absolute Gasteiger partial charge is 0.197 e. The summed E-state index contributed by atoms with van der Waals surface area (Å²) in [7, 11) is 0. The summed E-state index contributed by atoms with van der Waals surface area (Å²) in [6, 6.07) is 45.4. The van der Waals surface area contributed by atoms with Gasteiger partial charge in [-0.05, 0) is 83.9 Å². The predicted octanol–water partition coefficient (Wildman–Crippen LogP) is 10.9. The highest BCUT2D eigenvalue weighted by Crippen LogP contribution is 2.53. The van der Waals surface area contributed by atoms with E-state index in [1.54, 1.807) is 0 Å². The predicted molar refractivity (Wildman–Crippen MR) is 172 cm³/mol. The molecule has 6 aromatic carbocycles. The quantitative estimate of drug-likeness (QED) is 0.199. The molecule has 6 heteroatoms. The molecule has 2 aliphatic heterocycles. The van der Waals surface area contributed by atoms with Crippen LogP contribution in [0.5, 0.6) is 23.0 Å². The fraction of sp³-hybridized carbons (Fsp3) is 0. The molecule has 0 N–H and O–H groups in total. The number of rotatable bonds is 3. The van der Waals surface area contributed by atoms with Crippen molar-refractivity contribution < 1.29 is 9.47 Å². The average Bonchev–Trinajstić information content (AvgIpc) is 3.09. The summed E-state index contributed by atoms with van der Waals surface area (Å²) in [4.78, 5) is 8.12. The average molecular weight is 567 g/mol. The zero-order chi connectivity index (χ0) is 29.6. The van der Waals surface area contributed by atoms with Crippen LogP contribution in [0.1, 0.15) is 5.56 Å². The van der Waals surface area contributed by atoms with Gasteiger partial charge in [0.15, 0.2) is 28.7 Å². The van der Waals surface area contributed by atoms with E-state index in [2.05, 4.69) is 20.7 Å². The molecule has 8 rings (SSSR count). The van der Waals surface area contributed by atoms with Crippen LogP contribution in [0, 0.1) is 17.9 Å². The van der Waals surface area contributed by atoms with Crippen LogP contribution < -0.4 is 19.3 Å². The number of hydrogen-bond acceptors (Lipinski definition) is 5. The highest BCUT2D eigenvalue weighted by Gasteiger charge is 2.28. The Morgan fingerprint density at radius 2 is 0.932 bits per heavy atom. The molecule has 0 saturated heterocycles. The molecule has 0 spiro atoms. The van der Waals surface area contributed by atoms with E-state index in [1.165, 1.54) is 0 Å². The maximum absolute atomic E-state index is 10.3. The van der Waals surface area contributed by atoms with Crippen LogP contribution in [-0.4, -0.2) is 0 Å². The zero-order valence-corrected chi connectivity index (χ0v) is 23.3. The van der Waals surface area contributed by atoms with Gasteiger partial charge in [-0.3, -0.25) is 0 Å². The summed E-state index contributed by atoms with van der Waals surface area (Å²) in [5.74, 6) is 2.97. The van der Waals surface area contributed by atoms with Gasteiger partial charge in [0.1, 0.15) is 0 Å². The number of benzene rings is 6. The second kappa shape index (κ2) is 10.1. The molecule has 6 aromatic rings. The Morgan fingerprint density at radius 1 is 0.523 bits per heavy atom. The lowest BCUT2D eigenvalue weighted by Crippen LogP contribution is -2.16. The van der Waals surface area contributed by atoms with E-state index in [-0.39, 0.29) is 0 Å². The SMILES string of the molecule is [C-]#[N+]c1cc(N2c3ccccc3Oc3ccccc32)ccc1-c1ccc(N2c3ccccc3Oc3ccccc32)cc1C#N. The Bertz CT molecular complexity index is 1950. The van der Waals surface area contributed by atoms with Crippen LogP contribution in [0.2, 0.25) is 0 Å². The summed E-state index contributed by atoms with van der Waals surface area (Å²) in [5, 5.41) is 10.3. The zero-order valence-electron chi connectivity index (χ0n) is 23.3. The number of nitriles is 1. The summed E-state index contributed by atoms with van der Waals surface area (Å²) >= 11 is 0. The molecule has 0 unspecified atom stereocenters. The van der Waals surface area contributed by atoms with Crippen LogP contribution in [0.3, 0.4) is 0 Å². The summed E-state index contributed by atoms with van der Waals surface area (Å²) < 4.78 is 12.3. The Balaban J connectivity index is 1.23. The van der Waals surface area contributed by atoms with Gasteiger partial charge in [0.2, 0.25) is 0 Å². The minimum absolute atomic E-state index is 0.454. The summed E-state index contributed by atoms with van der Waals surface area (Å²) in [6.45, 7) is 8.10. The maximum atomic E-state index is 10.3. The Labute approximate surface area is 254 Å². The highest BCUT2D eigenvalue weighted by molar-refractivity contribution is 5.92. The molecule has 0 atom stereocenters. The van der Waals surface area contributed by atoms with Crippen LogP contribution in [0.15, 0.2) is 133 Å². The molecule has 0 fully saturated rings. The van der Waals surface area contributed by atoms with E-state index < -0.39 is 0 Å². The van der Waals surface area contributed by atoms with Gasteiger partial charge >= 0.3 is 0 Å². The first-order valence-electron chi connectivity index (χ1n) is 14.1. The number of nitrogens with zero attached hydrogens (tertiary/aromatic N) is 4. The fourth-order valence-electron chi connectivity index (χ4n) is 5.94. The van der Waals surface area contributed by atoms with Crippen molar-refractivity contribution in [2.75, 3.05) is 9.80 Å². The van der Waals surface area contributed by atoms with Gasteiger partial charge in [0, 0.05) is 11.4 Å². The third-order valence-corrected chi connectivity index (χ3v) is 7.90. The lowest BCUT2D eigenvalue weighted by Gasteiger charge is -2.33. The summed E-state index contributed by atoms with van der Waals surface area (Å²) in [6.07, 6.45) is 0. The van der Waals surface area contributed by atoms with Gasteiger partial charge in [0.25, 0.3) is 0 Å². The van der Waals surface area contributed by atoms with Crippen molar-refractivity contribution in [3.63, 3.8) is 0 Å². The van der Waals surface area contributed by atoms with Crippen LogP contribution in [0.4, 0.5) is 39.8 Å². The number of para-hydroxylation sites is 8. The Morgan fingerprint density at radius 3 is 1.36 bits per heavy atom. The molecule has 0 amide bonds. The maximum Gasteiger partial charge on any atom is 0.197 e. The first-order valence-corrected chi connectivity index (χ1v) is 14.1. The van der Waals surface area contributed by atoms with E-state index in [0.29, 0.717) is 22.4 Å². The molecule has 44 heavy (non-hydrogen) atoms. The molecular weight excluding hydrogens is 544 g/mol. The Kier molecular flexibility index (Phi) is 5.79. The first kappa shape index (κ1) is 25.2. The van der Waals surface area contributed by atoms with E-state index in [1.807, 2.05) is 133 Å². The molecule has 0 aliphatic carbocycles. The van der Waals surface area contributed by atoms with Gasteiger partial charge in [0.05, 0.1) is 41.0 Å². The van der Waals surface area contributed by atoms with Gasteiger partial charge < -0.3 is 19.3 Å². The van der Waals surface area contributed by atoms with Gasteiger partial charge in [-0.1, -0.05) is 60.7 Å². The van der Waals surface area contributed by atoms with Crippen molar-refractivity contribution in [3.05, 3.63) is 150 Å². The molecular formula is C38H22N4O2. The third-order valence-electron chi connectivity index (χ3n) is 7.90. The standard InChI is InChI=1S/C38H22N4O2/c1-40-30-23-27(42-33-12-4-8-16-37(33)44-38-17-9-5-13-34(38)42)19-21-29(30)28-20-18-26(22-25(28)24-39)41-31-10-2-6-14-35(31)43-36-15-7-3-11-32(36)41/h2-23H. The molecule has 0 radical (unpaired) electrons. The Hall–Kier alpha value is -6.50. The number of anilines is 6. The number of hydrogen-bond donors (Lipinski definition) is 0. The normalized spacial score (nSPS) is 12.3. The molecule has 6 nitrogen and oxygen atoms in total. The van der Waals surface area contributed by atoms with Crippen LogP contribution in [-0.2, 0) is 0 Å². The van der Waals surface area contributed by atoms with Gasteiger partial charge in [-0.15, -0.1) is 0 Å². The molecule has 0 saturated carbocycles. The largest absolute Gasteiger partial charge is 0.453 e. The minimum Gasteiger partial charge on any atom is -0.453 e. The van der Waals surface area contributed by atoms with Crippen molar-refractivity contribution in [2.24, 2.45) is 0 Å². The molecule has 0 aromatic heterocycles. The monoisotopic (exact) mass is 566 g/mol. The topological polar surface area (TPSA) is 53.1 Å². The van der Waals surface area contributed by atoms with Crippen molar-refractivity contribution in [1.29, 1.82) is 5.26 Å². The second-order valence-electron chi connectivity index (χ2n) is 10.4. The molecule has 2 aliphatic rings. The highest BCUT2D eigenvalue weighted by atomic mass is 16.5. The van der Waals surface area contributed by atoms with Crippen molar-refractivity contribution in [2.45, 2.75) is 0 Å². The number of ether oxygens (including phenoxy) is 2. The van der Waals surface area contributed by atoms with Crippen molar-refractivity contribution in [1.82, 2.24) is 0 Å². The van der Waals surface area contributed by atoms with E-state index in [9.17, 15) is 5.26 Å². The van der Waals surface area contributed by atoms with Gasteiger partial charge in [-0.2, -0.15) is 5.26 Å². The van der Waals surface area contributed by atoms with Crippen LogP contribution >= 0.6 is 0 Å². The van der Waals surface area contributed by atoms with Crippen molar-refractivity contribution in [3.8, 4) is 40.2 Å². The van der Waals surface area contributed by atoms with Crippen LogP contribution in [0.25, 0.3) is 16.0 Å². The number of fused-ring (bicyclic) bond motifs is 4.